The number of hydrogen-bond donors (Lipinski definition) is 2. The van der Waals surface area contributed by atoms with Crippen molar-refractivity contribution in [2.45, 2.75) is 86.0 Å². The molecule has 4 aromatic rings. The number of anilines is 1. The van der Waals surface area contributed by atoms with Crippen LogP contribution in [-0.2, 0) is 25.7 Å². The Kier molecular flexibility index (Phi) is 13.2. The Morgan fingerprint density at radius 1 is 0.520 bits per heavy atom. The summed E-state index contributed by atoms with van der Waals surface area (Å²) >= 11 is 0. The van der Waals surface area contributed by atoms with Crippen LogP contribution in [0.1, 0.15) is 115 Å². The highest BCUT2D eigenvalue weighted by atomic mass is 16.5. The maximum Gasteiger partial charge on any atom is 0.256 e. The number of rotatable bonds is 12. The minimum Gasteiger partial charge on any atom is -0.493 e. The van der Waals surface area contributed by atoms with Gasteiger partial charge in [-0.1, -0.05) is 76.2 Å². The van der Waals surface area contributed by atoms with Gasteiger partial charge in [-0.3, -0.25) is 4.79 Å². The molecule has 8 bridgehead atoms. The van der Waals surface area contributed by atoms with E-state index >= 15 is 0 Å². The highest BCUT2D eigenvalue weighted by Gasteiger charge is 2.29. The fraction of sp³-hybridized carbons (Fsp3) is 0.419. The van der Waals surface area contributed by atoms with E-state index in [-0.39, 0.29) is 12.5 Å². The van der Waals surface area contributed by atoms with E-state index in [0.29, 0.717) is 57.7 Å². The molecule has 2 aliphatic rings. The molecule has 0 radical (unpaired) electrons. The Morgan fingerprint density at radius 3 is 1.34 bits per heavy atom. The number of amides is 1. The van der Waals surface area contributed by atoms with Crippen LogP contribution < -0.4 is 24.3 Å². The minimum absolute atomic E-state index is 0.129. The van der Waals surface area contributed by atoms with E-state index in [1.54, 1.807) is 6.92 Å². The predicted molar refractivity (Wildman–Crippen MR) is 201 cm³/mol. The summed E-state index contributed by atoms with van der Waals surface area (Å²) in [4.78, 5) is 13.8. The van der Waals surface area contributed by atoms with Gasteiger partial charge in [0, 0.05) is 54.7 Å². The summed E-state index contributed by atoms with van der Waals surface area (Å²) < 4.78 is 26.3. The molecule has 0 saturated heterocycles. The van der Waals surface area contributed by atoms with Crippen molar-refractivity contribution in [1.82, 2.24) is 0 Å². The minimum atomic E-state index is -0.129. The molecule has 0 atom stereocenters. The monoisotopic (exact) mass is 679 g/mol. The lowest BCUT2D eigenvalue weighted by Gasteiger charge is -2.23. The van der Waals surface area contributed by atoms with Crippen LogP contribution in [0.25, 0.3) is 0 Å². The summed E-state index contributed by atoms with van der Waals surface area (Å²) in [7, 11) is 0. The van der Waals surface area contributed by atoms with Gasteiger partial charge in [-0.15, -0.1) is 0 Å². The zero-order valence-electron chi connectivity index (χ0n) is 30.5. The second kappa shape index (κ2) is 18.0. The van der Waals surface area contributed by atoms with Gasteiger partial charge in [0.1, 0.15) is 23.0 Å². The van der Waals surface area contributed by atoms with Crippen molar-refractivity contribution >= 4 is 11.6 Å². The van der Waals surface area contributed by atoms with Crippen LogP contribution in [0.3, 0.4) is 0 Å². The van der Waals surface area contributed by atoms with Crippen molar-refractivity contribution in [3.8, 4) is 23.0 Å². The molecular weight excluding hydrogens is 626 g/mol. The first-order valence-electron chi connectivity index (χ1n) is 18.4. The van der Waals surface area contributed by atoms with Crippen molar-refractivity contribution in [1.29, 1.82) is 0 Å². The summed E-state index contributed by atoms with van der Waals surface area (Å²) in [6.07, 6.45) is 6.02. The Balaban J connectivity index is 0.00000156. The van der Waals surface area contributed by atoms with E-state index in [9.17, 15) is 4.79 Å². The van der Waals surface area contributed by atoms with Crippen molar-refractivity contribution < 1.29 is 28.8 Å². The molecule has 1 aliphatic carbocycles. The van der Waals surface area contributed by atoms with Gasteiger partial charge in [-0.05, 0) is 78.1 Å². The van der Waals surface area contributed by atoms with Crippen molar-refractivity contribution in [2.24, 2.45) is 0 Å². The zero-order valence-corrected chi connectivity index (χ0v) is 30.5. The maximum atomic E-state index is 13.8. The van der Waals surface area contributed by atoms with Crippen molar-refractivity contribution in [3.63, 3.8) is 0 Å². The summed E-state index contributed by atoms with van der Waals surface area (Å²) in [5.41, 5.74) is 9.90. The molecule has 1 heterocycles. The predicted octanol–water partition coefficient (Wildman–Crippen LogP) is 9.08. The number of nitrogens with one attached hydrogen (secondary N) is 1. The number of carbonyl (C=O) groups is 1. The van der Waals surface area contributed by atoms with Crippen LogP contribution in [0, 0.1) is 0 Å². The van der Waals surface area contributed by atoms with E-state index in [1.807, 2.05) is 12.1 Å². The van der Waals surface area contributed by atoms with E-state index in [4.69, 9.17) is 24.1 Å². The summed E-state index contributed by atoms with van der Waals surface area (Å²) in [5, 5.41) is 10.8. The SMILES string of the molecule is CCCOc1c2cccc1Cc1ccc3c(c1OCCC)Cc1c(ccc(c1OCCC)Cc1cccc(c1OCCC)C2)C(=O)N3.CCO. The number of fused-ring (bicyclic) bond motifs is 6. The first kappa shape index (κ1) is 36.8. The van der Waals surface area contributed by atoms with E-state index in [1.165, 1.54) is 0 Å². The number of para-hydroxylation sites is 2. The normalized spacial score (nSPS) is 12.8. The molecule has 266 valence electrons. The largest absolute Gasteiger partial charge is 0.493 e. The zero-order chi connectivity index (χ0) is 35.5. The van der Waals surface area contributed by atoms with Crippen LogP contribution in [0.2, 0.25) is 0 Å². The average molecular weight is 680 g/mol. The van der Waals surface area contributed by atoms with Crippen LogP contribution in [0.4, 0.5) is 5.69 Å². The fourth-order valence-corrected chi connectivity index (χ4v) is 6.67. The number of carbonyl (C=O) groups excluding carboxylic acids is 1. The Labute approximate surface area is 297 Å². The number of aliphatic hydroxyl groups excluding tert-OH is 1. The number of ether oxygens (including phenoxy) is 4. The first-order chi connectivity index (χ1) is 24.5. The molecule has 0 saturated carbocycles. The molecule has 7 nitrogen and oxygen atoms in total. The smallest absolute Gasteiger partial charge is 0.256 e. The van der Waals surface area contributed by atoms with Gasteiger partial charge < -0.3 is 29.4 Å². The van der Waals surface area contributed by atoms with Gasteiger partial charge in [0.15, 0.2) is 0 Å². The Morgan fingerprint density at radius 2 is 0.900 bits per heavy atom. The molecule has 0 fully saturated rings. The molecule has 50 heavy (non-hydrogen) atoms. The highest BCUT2D eigenvalue weighted by molar-refractivity contribution is 6.07. The molecule has 2 N–H and O–H groups in total. The van der Waals surface area contributed by atoms with E-state index in [2.05, 4.69) is 81.5 Å². The fourth-order valence-electron chi connectivity index (χ4n) is 6.67. The van der Waals surface area contributed by atoms with Crippen molar-refractivity contribution in [3.05, 3.63) is 111 Å². The molecule has 7 heteroatoms. The third-order valence-corrected chi connectivity index (χ3v) is 8.83. The quantitative estimate of drug-likeness (QED) is 0.137. The molecular formula is C43H53NO6. The van der Waals surface area contributed by atoms with Crippen LogP contribution >= 0.6 is 0 Å². The Hall–Kier alpha value is -4.49. The van der Waals surface area contributed by atoms with Crippen molar-refractivity contribution in [2.75, 3.05) is 38.4 Å². The van der Waals surface area contributed by atoms with Gasteiger partial charge in [0.2, 0.25) is 0 Å². The van der Waals surface area contributed by atoms with Gasteiger partial charge in [-0.25, -0.2) is 0 Å². The van der Waals surface area contributed by atoms with Gasteiger partial charge in [0.05, 0.1) is 26.4 Å². The number of benzene rings is 4. The highest BCUT2D eigenvalue weighted by Crippen LogP contribution is 2.43. The van der Waals surface area contributed by atoms with Crippen LogP contribution in [0.15, 0.2) is 60.7 Å². The summed E-state index contributed by atoms with van der Waals surface area (Å²) in [5.74, 6) is 3.35. The molecule has 1 aliphatic heterocycles. The van der Waals surface area contributed by atoms with Crippen LogP contribution in [-0.4, -0.2) is 44.0 Å². The van der Waals surface area contributed by atoms with Gasteiger partial charge in [0.25, 0.3) is 5.91 Å². The second-order valence-electron chi connectivity index (χ2n) is 12.8. The standard InChI is InChI=1S/C41H47NO5.C2H6O/c1-5-19-44-37-27-11-9-13-29(37)24-31-15-17-33-34(39(31)46-21-7-3)26-35-36(42-41(33)43)18-16-32(40(35)47-22-8-4)25-30-14-10-12-28(23-27)38(30)45-20-6-2;1-2-3/h9-18H,5-8,19-26H2,1-4H3,(H,42,43);3H,2H2,1H3. The van der Waals surface area contributed by atoms with Gasteiger partial charge in [-0.2, -0.15) is 0 Å². The molecule has 4 aromatic carbocycles. The molecule has 0 aromatic heterocycles. The van der Waals surface area contributed by atoms with E-state index in [0.717, 1.165) is 98.9 Å². The molecule has 0 unspecified atom stereocenters. The third kappa shape index (κ3) is 8.27. The first-order valence-corrected chi connectivity index (χ1v) is 18.4. The lowest BCUT2D eigenvalue weighted by atomic mass is 9.90. The second-order valence-corrected chi connectivity index (χ2v) is 12.8. The molecule has 1 amide bonds. The van der Waals surface area contributed by atoms with Crippen LogP contribution in [0.5, 0.6) is 23.0 Å². The average Bonchev–Trinajstić information content (AvgIpc) is 3.25. The lowest BCUT2D eigenvalue weighted by molar-refractivity contribution is 0.102. The van der Waals surface area contributed by atoms with E-state index < -0.39 is 0 Å². The van der Waals surface area contributed by atoms with Gasteiger partial charge >= 0.3 is 0 Å². The summed E-state index contributed by atoms with van der Waals surface area (Å²) in [6, 6.07) is 21.1. The molecule has 0 spiro atoms. The number of aliphatic hydroxyl groups is 1. The topological polar surface area (TPSA) is 86.2 Å². The Bertz CT molecular complexity index is 1760. The third-order valence-electron chi connectivity index (χ3n) is 8.83. The lowest BCUT2D eigenvalue weighted by Crippen LogP contribution is -2.14. The number of hydrogen-bond acceptors (Lipinski definition) is 6. The molecule has 6 rings (SSSR count). The summed E-state index contributed by atoms with van der Waals surface area (Å²) in [6.45, 7) is 12.8. The maximum absolute atomic E-state index is 13.8.